The molecule has 1 aliphatic heterocycles. The topological polar surface area (TPSA) is 178 Å². The van der Waals surface area contributed by atoms with Crippen molar-refractivity contribution in [1.29, 1.82) is 0 Å². The quantitative estimate of drug-likeness (QED) is 0.0197. The predicted octanol–water partition coefficient (Wildman–Crippen LogP) is 11.0. The van der Waals surface area contributed by atoms with E-state index in [1.54, 1.807) is 0 Å². The van der Waals surface area contributed by atoms with Gasteiger partial charge >= 0.3 is 16.4 Å². The summed E-state index contributed by atoms with van der Waals surface area (Å²) in [4.78, 5) is 12.9. The molecule has 1 fully saturated rings. The molecule has 1 aliphatic rings. The van der Waals surface area contributed by atoms with Crippen molar-refractivity contribution >= 4 is 16.4 Å². The molecule has 6 unspecified atom stereocenters. The van der Waals surface area contributed by atoms with Crippen LogP contribution in [0.4, 0.5) is 0 Å². The summed E-state index contributed by atoms with van der Waals surface area (Å²) in [5, 5.41) is 30.7. The van der Waals surface area contributed by atoms with Gasteiger partial charge in [0, 0.05) is 13.0 Å². The van der Waals surface area contributed by atoms with E-state index in [9.17, 15) is 33.1 Å². The second-order valence-electron chi connectivity index (χ2n) is 17.4. The zero-order chi connectivity index (χ0) is 44.7. The van der Waals surface area contributed by atoms with Crippen LogP contribution in [0.15, 0.2) is 12.2 Å². The van der Waals surface area contributed by atoms with Crippen molar-refractivity contribution in [3.63, 3.8) is 0 Å². The summed E-state index contributed by atoms with van der Waals surface area (Å²) in [6.07, 6.45) is 35.3. The average Bonchev–Trinajstić information content (AvgIpc) is 3.23. The fourth-order valence-corrected chi connectivity index (χ4v) is 8.35. The van der Waals surface area contributed by atoms with E-state index in [-0.39, 0.29) is 19.6 Å². The molecular formula is C48H92O12S. The molecule has 6 atom stereocenters. The smallest absolute Gasteiger partial charge is 0.397 e. The average molecular weight is 893 g/mol. The van der Waals surface area contributed by atoms with E-state index in [4.69, 9.17) is 18.9 Å². The standard InChI is InChI=1S/C48H92O12S/c1-3-5-7-9-11-13-15-17-19-21-22-24-26-28-30-32-34-36-38-56-40-42(41-57-48-46(52)47(60-61(53,54)55)45(51)43(39-49)59-48)58-44(50)37-35-33-31-29-27-25-23-20-18-16-14-12-10-8-6-4-2/h20,23,42-43,45-49,51-52H,3-19,21-22,24-41H2,1-2H3,(H,53,54,55)/b23-20-. The first-order valence-corrected chi connectivity index (χ1v) is 26.3. The van der Waals surface area contributed by atoms with E-state index in [2.05, 4.69) is 30.2 Å². The SMILES string of the molecule is CCCCCCCCC/C=C\CCCCCCCC(=O)OC(COCCCCCCCCCCCCCCCCCCCC)COC1OC(CO)C(O)C(OS(=O)(=O)O)C1O. The van der Waals surface area contributed by atoms with Crippen LogP contribution in [0, 0.1) is 0 Å². The Balaban J connectivity index is 2.37. The van der Waals surface area contributed by atoms with Crippen LogP contribution in [-0.2, 0) is 38.3 Å². The first-order valence-electron chi connectivity index (χ1n) is 24.9. The van der Waals surface area contributed by atoms with E-state index in [1.165, 1.54) is 141 Å². The summed E-state index contributed by atoms with van der Waals surface area (Å²) in [7, 11) is -5.06. The molecule has 4 N–H and O–H groups in total. The van der Waals surface area contributed by atoms with Gasteiger partial charge in [0.1, 0.15) is 30.5 Å². The van der Waals surface area contributed by atoms with Crippen LogP contribution in [0.2, 0.25) is 0 Å². The molecule has 13 heteroatoms. The Labute approximate surface area is 372 Å². The first kappa shape index (κ1) is 57.9. The molecule has 0 radical (unpaired) electrons. The highest BCUT2D eigenvalue weighted by molar-refractivity contribution is 7.80. The van der Waals surface area contributed by atoms with E-state index in [0.29, 0.717) is 13.0 Å². The number of hydrogen-bond donors (Lipinski definition) is 4. The number of aliphatic hydroxyl groups is 3. The molecule has 1 saturated heterocycles. The Hall–Kier alpha value is -1.16. The van der Waals surface area contributed by atoms with Gasteiger partial charge < -0.3 is 34.3 Å². The lowest BCUT2D eigenvalue weighted by atomic mass is 9.99. The number of rotatable bonds is 44. The Morgan fingerprint density at radius 3 is 1.48 bits per heavy atom. The monoisotopic (exact) mass is 893 g/mol. The zero-order valence-electron chi connectivity index (χ0n) is 38.7. The molecule has 0 aromatic rings. The number of hydrogen-bond acceptors (Lipinski definition) is 11. The number of carbonyl (C=O) groups is 1. The summed E-state index contributed by atoms with van der Waals surface area (Å²) in [5.41, 5.74) is 0. The predicted molar refractivity (Wildman–Crippen MR) is 244 cm³/mol. The Kier molecular flexibility index (Phi) is 38.3. The maximum atomic E-state index is 12.9. The third-order valence-corrected chi connectivity index (χ3v) is 12.1. The highest BCUT2D eigenvalue weighted by Gasteiger charge is 2.48. The molecule has 0 aromatic carbocycles. The summed E-state index contributed by atoms with van der Waals surface area (Å²) in [5.74, 6) is -0.403. The number of esters is 1. The summed E-state index contributed by atoms with van der Waals surface area (Å²) in [6, 6.07) is 0. The number of carbonyl (C=O) groups excluding carboxylic acids is 1. The summed E-state index contributed by atoms with van der Waals surface area (Å²) in [6.45, 7) is 4.02. The van der Waals surface area contributed by atoms with Crippen molar-refractivity contribution in [1.82, 2.24) is 0 Å². The van der Waals surface area contributed by atoms with E-state index in [1.807, 2.05) is 0 Å². The highest BCUT2D eigenvalue weighted by Crippen LogP contribution is 2.26. The van der Waals surface area contributed by atoms with Gasteiger partial charge in [0.05, 0.1) is 19.8 Å². The van der Waals surface area contributed by atoms with Gasteiger partial charge in [-0.05, 0) is 38.5 Å². The minimum atomic E-state index is -5.06. The van der Waals surface area contributed by atoms with Crippen molar-refractivity contribution < 1.29 is 56.2 Å². The molecule has 0 spiro atoms. The van der Waals surface area contributed by atoms with Crippen LogP contribution in [0.5, 0.6) is 0 Å². The van der Waals surface area contributed by atoms with Gasteiger partial charge in [-0.25, -0.2) is 4.18 Å². The van der Waals surface area contributed by atoms with Gasteiger partial charge in [0.2, 0.25) is 0 Å². The molecule has 0 amide bonds. The summed E-state index contributed by atoms with van der Waals surface area (Å²) < 4.78 is 59.2. The Morgan fingerprint density at radius 1 is 0.607 bits per heavy atom. The third kappa shape index (κ3) is 33.9. The largest absolute Gasteiger partial charge is 0.457 e. The van der Waals surface area contributed by atoms with Gasteiger partial charge in [0.25, 0.3) is 0 Å². The number of unbranched alkanes of at least 4 members (excludes halogenated alkanes) is 29. The second kappa shape index (κ2) is 40.4. The van der Waals surface area contributed by atoms with Gasteiger partial charge in [-0.15, -0.1) is 0 Å². The highest BCUT2D eigenvalue weighted by atomic mass is 32.3. The van der Waals surface area contributed by atoms with Crippen LogP contribution in [0.25, 0.3) is 0 Å². The molecule has 1 heterocycles. The van der Waals surface area contributed by atoms with E-state index in [0.717, 1.165) is 57.8 Å². The zero-order valence-corrected chi connectivity index (χ0v) is 39.6. The van der Waals surface area contributed by atoms with Gasteiger partial charge in [-0.2, -0.15) is 8.42 Å². The first-order chi connectivity index (χ1) is 29.6. The number of allylic oxidation sites excluding steroid dienone is 2. The maximum Gasteiger partial charge on any atom is 0.397 e. The minimum Gasteiger partial charge on any atom is -0.457 e. The molecule has 0 bridgehead atoms. The van der Waals surface area contributed by atoms with Crippen molar-refractivity contribution in [3.8, 4) is 0 Å². The third-order valence-electron chi connectivity index (χ3n) is 11.6. The van der Waals surface area contributed by atoms with Crippen molar-refractivity contribution in [2.45, 2.75) is 263 Å². The van der Waals surface area contributed by atoms with Crippen LogP contribution < -0.4 is 0 Å². The van der Waals surface area contributed by atoms with E-state index >= 15 is 0 Å². The number of aliphatic hydroxyl groups excluding tert-OH is 3. The lowest BCUT2D eigenvalue weighted by molar-refractivity contribution is -0.301. The molecule has 61 heavy (non-hydrogen) atoms. The van der Waals surface area contributed by atoms with Gasteiger partial charge in [-0.3, -0.25) is 9.35 Å². The lowest BCUT2D eigenvalue weighted by Crippen LogP contribution is -2.60. The molecule has 0 aromatic heterocycles. The van der Waals surface area contributed by atoms with Crippen molar-refractivity contribution in [2.75, 3.05) is 26.4 Å². The minimum absolute atomic E-state index is 0.0387. The second-order valence-corrected chi connectivity index (χ2v) is 18.5. The fourth-order valence-electron chi connectivity index (χ4n) is 7.85. The molecule has 12 nitrogen and oxygen atoms in total. The normalized spacial score (nSPS) is 20.1. The van der Waals surface area contributed by atoms with Crippen LogP contribution in [0.3, 0.4) is 0 Å². The summed E-state index contributed by atoms with van der Waals surface area (Å²) >= 11 is 0. The lowest BCUT2D eigenvalue weighted by Gasteiger charge is -2.41. The Morgan fingerprint density at radius 2 is 1.03 bits per heavy atom. The fraction of sp³-hybridized carbons (Fsp3) is 0.938. The van der Waals surface area contributed by atoms with Crippen molar-refractivity contribution in [2.24, 2.45) is 0 Å². The molecular weight excluding hydrogens is 801 g/mol. The maximum absolute atomic E-state index is 12.9. The van der Waals surface area contributed by atoms with Crippen LogP contribution >= 0.6 is 0 Å². The van der Waals surface area contributed by atoms with Crippen LogP contribution in [-0.4, -0.2) is 97.5 Å². The van der Waals surface area contributed by atoms with E-state index < -0.39 is 59.8 Å². The Bertz CT molecular complexity index is 1120. The number of ether oxygens (including phenoxy) is 4. The van der Waals surface area contributed by atoms with Gasteiger partial charge in [-0.1, -0.05) is 193 Å². The molecule has 1 rings (SSSR count). The molecule has 0 aliphatic carbocycles. The van der Waals surface area contributed by atoms with Crippen LogP contribution in [0.1, 0.15) is 226 Å². The van der Waals surface area contributed by atoms with Gasteiger partial charge in [0.15, 0.2) is 6.29 Å². The molecule has 362 valence electrons. The van der Waals surface area contributed by atoms with Crippen molar-refractivity contribution in [3.05, 3.63) is 12.2 Å². The molecule has 0 saturated carbocycles.